The maximum atomic E-state index is 13.1. The first kappa shape index (κ1) is 32.6. The summed E-state index contributed by atoms with van der Waals surface area (Å²) in [5.74, 6) is -3.53. The predicted octanol–water partition coefficient (Wildman–Crippen LogP) is 2.13. The number of oxime groups is 1. The van der Waals surface area contributed by atoms with Crippen molar-refractivity contribution in [2.45, 2.75) is 39.1 Å². The van der Waals surface area contributed by atoms with E-state index < -0.39 is 47.4 Å². The molecule has 14 nitrogen and oxygen atoms in total. The first-order chi connectivity index (χ1) is 19.8. The summed E-state index contributed by atoms with van der Waals surface area (Å²) in [6.07, 6.45) is 3.47. The van der Waals surface area contributed by atoms with Crippen LogP contribution in [-0.4, -0.2) is 75.7 Å². The molecule has 17 heteroatoms. The summed E-state index contributed by atoms with van der Waals surface area (Å²) in [5, 5.41) is 19.6. The Morgan fingerprint density at radius 3 is 2.57 bits per heavy atom. The maximum Gasteiger partial charge on any atom is 0.357 e. The number of nitrogens with two attached hydrogens (primary N) is 1. The highest BCUT2D eigenvalue weighted by Crippen LogP contribution is 2.28. The third-order valence-electron chi connectivity index (χ3n) is 5.46. The van der Waals surface area contributed by atoms with Gasteiger partial charge < -0.3 is 35.8 Å². The maximum absolute atomic E-state index is 13.1. The van der Waals surface area contributed by atoms with E-state index in [-0.39, 0.29) is 28.0 Å². The molecule has 0 aliphatic carbocycles. The van der Waals surface area contributed by atoms with Crippen LogP contribution in [0.2, 0.25) is 0 Å². The number of carbonyl (C=O) groups is 4. The number of thiazole rings is 2. The minimum Gasteiger partial charge on any atom is -0.480 e. The zero-order chi connectivity index (χ0) is 31.0. The Bertz CT molecular complexity index is 1420. The number of rotatable bonds is 11. The Morgan fingerprint density at radius 1 is 1.26 bits per heavy atom. The zero-order valence-corrected chi connectivity index (χ0v) is 25.8. The van der Waals surface area contributed by atoms with Crippen LogP contribution < -0.4 is 16.4 Å². The van der Waals surface area contributed by atoms with Crippen LogP contribution in [0.1, 0.15) is 37.0 Å². The van der Waals surface area contributed by atoms with Gasteiger partial charge >= 0.3 is 17.9 Å². The summed E-state index contributed by atoms with van der Waals surface area (Å²) >= 11 is 3.62. The minimum absolute atomic E-state index is 0.0532. The topological polar surface area (TPSA) is 204 Å². The summed E-state index contributed by atoms with van der Waals surface area (Å²) in [4.78, 5) is 64.4. The van der Waals surface area contributed by atoms with E-state index in [4.69, 9.17) is 20.0 Å². The summed E-state index contributed by atoms with van der Waals surface area (Å²) in [6.45, 7) is 6.16. The number of esters is 2. The number of hydrogen-bond acceptors (Lipinski definition) is 15. The van der Waals surface area contributed by atoms with E-state index in [9.17, 15) is 24.3 Å². The van der Waals surface area contributed by atoms with Gasteiger partial charge in [0, 0.05) is 16.0 Å². The van der Waals surface area contributed by atoms with Gasteiger partial charge in [-0.05, 0) is 39.3 Å². The molecule has 3 rings (SSSR count). The molecule has 2 atom stereocenters. The number of nitrogens with zero attached hydrogens (tertiary/aromatic N) is 3. The van der Waals surface area contributed by atoms with Crippen molar-refractivity contribution in [3.8, 4) is 0 Å². The average molecular weight is 639 g/mol. The quantitative estimate of drug-likeness (QED) is 0.121. The van der Waals surface area contributed by atoms with Crippen molar-refractivity contribution in [3.63, 3.8) is 0 Å². The SMILES string of the molecule is CO/N=C(\C(=O)N[C@H](C(=O)O)[C@@H]1NC(C(=O)OCOC(=O)C(C)(C)C)=C(/C=C\c2scnc2C)CS1)c1csc(N)n1. The van der Waals surface area contributed by atoms with Crippen molar-refractivity contribution < 1.29 is 38.6 Å². The lowest BCUT2D eigenvalue weighted by atomic mass is 9.98. The molecule has 2 aromatic heterocycles. The van der Waals surface area contributed by atoms with E-state index >= 15 is 0 Å². The molecule has 2 aromatic rings. The number of hydrogen-bond donors (Lipinski definition) is 4. The summed E-state index contributed by atoms with van der Waals surface area (Å²) in [7, 11) is 1.22. The van der Waals surface area contributed by atoms with Crippen LogP contribution in [0, 0.1) is 12.3 Å². The number of aromatic nitrogens is 2. The molecule has 3 heterocycles. The lowest BCUT2D eigenvalue weighted by molar-refractivity contribution is -0.171. The van der Waals surface area contributed by atoms with Crippen LogP contribution in [0.25, 0.3) is 6.08 Å². The standard InChI is InChI=1S/C25H30N6O8S3/c1-12-15(42-10-27-12)7-6-13-8-40-20(30-16(13)22(35)38-11-39-23(36)25(2,3)4)18(21(33)34)29-19(32)17(31-37-5)14-9-41-24(26)28-14/h6-7,9-10,18,20,30H,8,11H2,1-5H3,(H2,26,28)(H,29,32)(H,33,34)/b7-6-,31-17-/t18-,20+/m0/s1. The molecule has 0 saturated heterocycles. The van der Waals surface area contributed by atoms with Crippen molar-refractivity contribution in [2.75, 3.05) is 25.4 Å². The van der Waals surface area contributed by atoms with E-state index in [2.05, 4.69) is 25.8 Å². The Balaban J connectivity index is 1.85. The molecule has 1 aliphatic heterocycles. The van der Waals surface area contributed by atoms with E-state index in [0.29, 0.717) is 5.57 Å². The molecule has 0 radical (unpaired) electrons. The number of anilines is 1. The average Bonchev–Trinajstić information content (AvgIpc) is 3.55. The fourth-order valence-corrected chi connectivity index (χ4v) is 5.69. The van der Waals surface area contributed by atoms with Gasteiger partial charge in [-0.2, -0.15) is 0 Å². The molecule has 0 aromatic carbocycles. The highest BCUT2D eigenvalue weighted by Gasteiger charge is 2.37. The van der Waals surface area contributed by atoms with Gasteiger partial charge in [0.1, 0.15) is 23.9 Å². The Morgan fingerprint density at radius 2 is 2.00 bits per heavy atom. The summed E-state index contributed by atoms with van der Waals surface area (Å²) < 4.78 is 10.2. The number of ether oxygens (including phenoxy) is 2. The second-order valence-electron chi connectivity index (χ2n) is 9.63. The van der Waals surface area contributed by atoms with Crippen molar-refractivity contribution >= 4 is 75.2 Å². The van der Waals surface area contributed by atoms with Gasteiger partial charge in [-0.1, -0.05) is 11.2 Å². The molecule has 1 amide bonds. The second kappa shape index (κ2) is 14.3. The number of allylic oxidation sites excluding steroid dienone is 1. The lowest BCUT2D eigenvalue weighted by Gasteiger charge is -2.31. The third-order valence-corrected chi connectivity index (χ3v) is 8.26. The van der Waals surface area contributed by atoms with Gasteiger partial charge in [0.25, 0.3) is 5.91 Å². The molecule has 0 bridgehead atoms. The highest BCUT2D eigenvalue weighted by molar-refractivity contribution is 8.00. The molecule has 0 unspecified atom stereocenters. The fraction of sp³-hybridized carbons (Fsp3) is 0.400. The molecule has 226 valence electrons. The van der Waals surface area contributed by atoms with E-state index in [1.807, 2.05) is 6.92 Å². The number of thioether (sulfide) groups is 1. The molecule has 1 aliphatic rings. The van der Waals surface area contributed by atoms with E-state index in [1.54, 1.807) is 38.4 Å². The second-order valence-corrected chi connectivity index (χ2v) is 12.5. The van der Waals surface area contributed by atoms with Gasteiger partial charge in [-0.3, -0.25) is 9.59 Å². The number of carbonyl (C=O) groups excluding carboxylic acids is 3. The van der Waals surface area contributed by atoms with Crippen molar-refractivity contribution in [1.82, 2.24) is 20.6 Å². The van der Waals surface area contributed by atoms with Crippen LogP contribution in [0.15, 0.2) is 33.4 Å². The lowest BCUT2D eigenvalue weighted by Crippen LogP contribution is -2.56. The summed E-state index contributed by atoms with van der Waals surface area (Å²) in [5.41, 5.74) is 7.60. The smallest absolute Gasteiger partial charge is 0.357 e. The first-order valence-electron chi connectivity index (χ1n) is 12.2. The van der Waals surface area contributed by atoms with Crippen molar-refractivity contribution in [1.29, 1.82) is 0 Å². The number of aliphatic carboxylic acids is 1. The molecule has 0 fully saturated rings. The van der Waals surface area contributed by atoms with Gasteiger partial charge in [0.15, 0.2) is 16.9 Å². The van der Waals surface area contributed by atoms with Crippen molar-refractivity contribution in [3.05, 3.63) is 44.5 Å². The third kappa shape index (κ3) is 8.53. The Labute approximate surface area is 253 Å². The first-order valence-corrected chi connectivity index (χ1v) is 15.0. The van der Waals surface area contributed by atoms with Crippen LogP contribution in [0.4, 0.5) is 5.13 Å². The Hall–Kier alpha value is -3.96. The van der Waals surface area contributed by atoms with Crippen LogP contribution in [0.5, 0.6) is 0 Å². The van der Waals surface area contributed by atoms with E-state index in [1.165, 1.54) is 23.8 Å². The molecule has 42 heavy (non-hydrogen) atoms. The van der Waals surface area contributed by atoms with Gasteiger partial charge in [0.2, 0.25) is 6.79 Å². The van der Waals surface area contributed by atoms with Gasteiger partial charge in [-0.25, -0.2) is 19.6 Å². The van der Waals surface area contributed by atoms with Crippen LogP contribution in [0.3, 0.4) is 0 Å². The zero-order valence-electron chi connectivity index (χ0n) is 23.3. The molecular weight excluding hydrogens is 609 g/mol. The van der Waals surface area contributed by atoms with Gasteiger partial charge in [-0.15, -0.1) is 34.4 Å². The number of carboxylic acid groups (broad SMARTS) is 1. The molecule has 0 spiro atoms. The molecular formula is C25H30N6O8S3. The Kier molecular flexibility index (Phi) is 11.1. The number of amides is 1. The monoisotopic (exact) mass is 638 g/mol. The number of nitrogens with one attached hydrogen (secondary N) is 2. The molecule has 5 N–H and O–H groups in total. The van der Waals surface area contributed by atoms with Crippen molar-refractivity contribution in [2.24, 2.45) is 10.6 Å². The number of aryl methyl sites for hydroxylation is 1. The largest absolute Gasteiger partial charge is 0.480 e. The highest BCUT2D eigenvalue weighted by atomic mass is 32.2. The van der Waals surface area contributed by atoms with Gasteiger partial charge in [0.05, 0.1) is 16.6 Å². The van der Waals surface area contributed by atoms with Crippen LogP contribution in [-0.2, 0) is 33.5 Å². The number of carboxylic acids is 1. The number of nitrogen functional groups attached to an aromatic ring is 1. The molecule has 0 saturated carbocycles. The normalized spacial score (nSPS) is 16.5. The predicted molar refractivity (Wildman–Crippen MR) is 158 cm³/mol. The van der Waals surface area contributed by atoms with Crippen LogP contribution >= 0.6 is 34.4 Å². The van der Waals surface area contributed by atoms with E-state index in [0.717, 1.165) is 33.7 Å². The summed E-state index contributed by atoms with van der Waals surface area (Å²) in [6, 6.07) is -1.53. The fourth-order valence-electron chi connectivity index (χ4n) is 3.27. The minimum atomic E-state index is -1.53.